The van der Waals surface area contributed by atoms with Crippen molar-refractivity contribution in [2.24, 2.45) is 5.92 Å². The molecule has 7 nitrogen and oxygen atoms in total. The molecule has 0 aliphatic carbocycles. The number of allylic oxidation sites excluding steroid dienone is 1. The van der Waals surface area contributed by atoms with Crippen molar-refractivity contribution in [3.63, 3.8) is 0 Å². The van der Waals surface area contributed by atoms with Crippen LogP contribution in [0.25, 0.3) is 11.3 Å². The summed E-state index contributed by atoms with van der Waals surface area (Å²) in [6.45, 7) is 3.77. The predicted molar refractivity (Wildman–Crippen MR) is 125 cm³/mol. The summed E-state index contributed by atoms with van der Waals surface area (Å²) in [7, 11) is 2.69. The van der Waals surface area contributed by atoms with Crippen LogP contribution >= 0.6 is 11.3 Å². The van der Waals surface area contributed by atoms with Gasteiger partial charge in [0.25, 0.3) is 0 Å². The lowest BCUT2D eigenvalue weighted by molar-refractivity contribution is -0.150. The molecule has 1 aliphatic rings. The number of pyridine rings is 1. The predicted octanol–water partition coefficient (Wildman–Crippen LogP) is 4.04. The first-order valence-electron chi connectivity index (χ1n) is 10.5. The molecule has 0 spiro atoms. The van der Waals surface area contributed by atoms with Crippen LogP contribution in [0, 0.1) is 5.92 Å². The summed E-state index contributed by atoms with van der Waals surface area (Å²) in [5.74, 6) is -2.36. The van der Waals surface area contributed by atoms with Crippen molar-refractivity contribution in [3.8, 4) is 11.3 Å². The second-order valence-electron chi connectivity index (χ2n) is 8.01. The third-order valence-corrected chi connectivity index (χ3v) is 7.04. The van der Waals surface area contributed by atoms with Crippen LogP contribution in [0.15, 0.2) is 71.5 Å². The third kappa shape index (κ3) is 4.02. The summed E-state index contributed by atoms with van der Waals surface area (Å²) in [5, 5.41) is 5.99. The van der Waals surface area contributed by atoms with E-state index in [2.05, 4.69) is 10.3 Å². The minimum Gasteiger partial charge on any atom is -0.469 e. The molecule has 3 atom stereocenters. The second kappa shape index (κ2) is 9.15. The topological polar surface area (TPSA) is 90.4 Å². The van der Waals surface area contributed by atoms with Gasteiger partial charge in [0.2, 0.25) is 0 Å². The fraction of sp³-hybridized carbons (Fsp3) is 0.280. The molecule has 3 unspecified atom stereocenters. The van der Waals surface area contributed by atoms with Gasteiger partial charge in [0, 0.05) is 29.0 Å². The number of nitrogens with zero attached hydrogens (tertiary/aromatic N) is 2. The molecule has 1 N–H and O–H groups in total. The van der Waals surface area contributed by atoms with Gasteiger partial charge in [0.1, 0.15) is 5.01 Å². The zero-order valence-corrected chi connectivity index (χ0v) is 19.7. The highest BCUT2D eigenvalue weighted by Crippen LogP contribution is 2.49. The quantitative estimate of drug-likeness (QED) is 0.571. The molecule has 3 heterocycles. The Hall–Kier alpha value is -3.52. The van der Waals surface area contributed by atoms with Crippen molar-refractivity contribution < 1.29 is 19.1 Å². The average Bonchev–Trinajstić information content (AvgIpc) is 3.34. The fourth-order valence-corrected chi connectivity index (χ4v) is 5.52. The molecule has 3 aromatic rings. The van der Waals surface area contributed by atoms with Gasteiger partial charge in [0.15, 0.2) is 0 Å². The maximum absolute atomic E-state index is 13.3. The van der Waals surface area contributed by atoms with Crippen LogP contribution in [0.3, 0.4) is 0 Å². The number of nitrogens with one attached hydrogen (secondary N) is 1. The molecule has 1 aromatic carbocycles. The first kappa shape index (κ1) is 22.7. The molecule has 0 bridgehead atoms. The molecule has 170 valence electrons. The molecule has 1 aliphatic heterocycles. The van der Waals surface area contributed by atoms with Crippen molar-refractivity contribution in [3.05, 3.63) is 82.1 Å². The van der Waals surface area contributed by atoms with Crippen molar-refractivity contribution in [1.29, 1.82) is 0 Å². The van der Waals surface area contributed by atoms with E-state index in [4.69, 9.17) is 14.5 Å². The Morgan fingerprint density at radius 3 is 2.39 bits per heavy atom. The summed E-state index contributed by atoms with van der Waals surface area (Å²) in [6.07, 6.45) is 3.40. The van der Waals surface area contributed by atoms with E-state index in [9.17, 15) is 9.59 Å². The zero-order valence-electron chi connectivity index (χ0n) is 18.9. The minimum absolute atomic E-state index is 0.372. The molecular formula is C25H25N3O4S. The van der Waals surface area contributed by atoms with E-state index < -0.39 is 29.3 Å². The smallest absolute Gasteiger partial charge is 0.336 e. The van der Waals surface area contributed by atoms with Crippen LogP contribution < -0.4 is 5.32 Å². The number of hydrogen-bond donors (Lipinski definition) is 1. The van der Waals surface area contributed by atoms with E-state index in [1.165, 1.54) is 25.6 Å². The SMILES string of the molecule is COC(=O)C1=C(C)NC(C)(c2ccccc2)C(C(=O)OC)C1c1nc(-c2ccncc2)cs1. The number of thiazole rings is 1. The number of hydrogen-bond acceptors (Lipinski definition) is 8. The van der Waals surface area contributed by atoms with E-state index in [1.54, 1.807) is 12.4 Å². The van der Waals surface area contributed by atoms with Crippen LogP contribution in [0.2, 0.25) is 0 Å². The van der Waals surface area contributed by atoms with E-state index in [1.807, 2.05) is 61.7 Å². The molecule has 0 saturated carbocycles. The molecule has 33 heavy (non-hydrogen) atoms. The number of ether oxygens (including phenoxy) is 2. The molecule has 8 heteroatoms. The molecule has 0 saturated heterocycles. The first-order chi connectivity index (χ1) is 15.9. The number of benzene rings is 1. The molecular weight excluding hydrogens is 438 g/mol. The van der Waals surface area contributed by atoms with Crippen molar-refractivity contribution in [2.45, 2.75) is 25.3 Å². The maximum atomic E-state index is 13.3. The summed E-state index contributed by atoms with van der Waals surface area (Å²) < 4.78 is 10.4. The Labute approximate surface area is 196 Å². The molecule has 0 fully saturated rings. The number of carbonyl (C=O) groups is 2. The number of esters is 2. The lowest BCUT2D eigenvalue weighted by Gasteiger charge is -2.46. The monoisotopic (exact) mass is 463 g/mol. The largest absolute Gasteiger partial charge is 0.469 e. The average molecular weight is 464 g/mol. The Morgan fingerprint density at radius 1 is 1.06 bits per heavy atom. The summed E-state index contributed by atoms with van der Waals surface area (Å²) in [6, 6.07) is 13.4. The van der Waals surface area contributed by atoms with Gasteiger partial charge in [-0.2, -0.15) is 0 Å². The van der Waals surface area contributed by atoms with Crippen molar-refractivity contribution in [1.82, 2.24) is 15.3 Å². The van der Waals surface area contributed by atoms with Gasteiger partial charge < -0.3 is 14.8 Å². The Bertz CT molecular complexity index is 1190. The second-order valence-corrected chi connectivity index (χ2v) is 8.90. The highest BCUT2D eigenvalue weighted by molar-refractivity contribution is 7.10. The lowest BCUT2D eigenvalue weighted by atomic mass is 9.67. The fourth-order valence-electron chi connectivity index (χ4n) is 4.54. The van der Waals surface area contributed by atoms with Gasteiger partial charge in [0.05, 0.1) is 42.9 Å². The Kier molecular flexibility index (Phi) is 6.29. The van der Waals surface area contributed by atoms with Crippen LogP contribution in [0.1, 0.15) is 30.3 Å². The normalized spacial score (nSPS) is 22.4. The van der Waals surface area contributed by atoms with Gasteiger partial charge >= 0.3 is 11.9 Å². The Balaban J connectivity index is 1.93. The van der Waals surface area contributed by atoms with Gasteiger partial charge in [-0.25, -0.2) is 9.78 Å². The molecule has 4 rings (SSSR count). The highest BCUT2D eigenvalue weighted by Gasteiger charge is 2.53. The summed E-state index contributed by atoms with van der Waals surface area (Å²) >= 11 is 1.40. The van der Waals surface area contributed by atoms with Gasteiger partial charge in [-0.3, -0.25) is 9.78 Å². The van der Waals surface area contributed by atoms with E-state index >= 15 is 0 Å². The number of rotatable bonds is 5. The summed E-state index contributed by atoms with van der Waals surface area (Å²) in [5.41, 5.74) is 2.73. The van der Waals surface area contributed by atoms with Gasteiger partial charge in [-0.1, -0.05) is 30.3 Å². The highest BCUT2D eigenvalue weighted by atomic mass is 32.1. The number of carbonyl (C=O) groups excluding carboxylic acids is 2. The van der Waals surface area contributed by atoms with E-state index in [0.717, 1.165) is 16.8 Å². The number of methoxy groups -OCH3 is 2. The van der Waals surface area contributed by atoms with E-state index in [0.29, 0.717) is 16.3 Å². The van der Waals surface area contributed by atoms with Gasteiger partial charge in [-0.15, -0.1) is 11.3 Å². The van der Waals surface area contributed by atoms with Crippen LogP contribution in [0.5, 0.6) is 0 Å². The molecule has 0 radical (unpaired) electrons. The maximum Gasteiger partial charge on any atom is 0.336 e. The summed E-state index contributed by atoms with van der Waals surface area (Å²) in [4.78, 5) is 35.2. The minimum atomic E-state index is -0.844. The zero-order chi connectivity index (χ0) is 23.6. The lowest BCUT2D eigenvalue weighted by Crippen LogP contribution is -2.55. The molecule has 2 aromatic heterocycles. The Morgan fingerprint density at radius 2 is 1.76 bits per heavy atom. The van der Waals surface area contributed by atoms with Crippen molar-refractivity contribution >= 4 is 23.3 Å². The molecule has 0 amide bonds. The van der Waals surface area contributed by atoms with Crippen LogP contribution in [0.4, 0.5) is 0 Å². The number of aromatic nitrogens is 2. The van der Waals surface area contributed by atoms with Crippen LogP contribution in [-0.4, -0.2) is 36.1 Å². The standard InChI is InChI=1S/C25H25N3O4S/c1-15-19(23(29)31-3)20(22-27-18(14-33-22)16-10-12-26-13-11-16)21(24(30)32-4)25(2,28-15)17-8-6-5-7-9-17/h5-14,20-21,28H,1-4H3. The van der Waals surface area contributed by atoms with Crippen molar-refractivity contribution in [2.75, 3.05) is 14.2 Å². The first-order valence-corrected chi connectivity index (χ1v) is 11.3. The van der Waals surface area contributed by atoms with Gasteiger partial charge in [-0.05, 0) is 31.5 Å². The van der Waals surface area contributed by atoms with E-state index in [-0.39, 0.29) is 0 Å². The van der Waals surface area contributed by atoms with Crippen LogP contribution in [-0.2, 0) is 24.6 Å². The third-order valence-electron chi connectivity index (χ3n) is 6.12.